The van der Waals surface area contributed by atoms with Gasteiger partial charge in [-0.2, -0.15) is 0 Å². The lowest BCUT2D eigenvalue weighted by molar-refractivity contribution is 0.0992. The molecule has 0 N–H and O–H groups in total. The van der Waals surface area contributed by atoms with Crippen molar-refractivity contribution < 1.29 is 0 Å². The summed E-state index contributed by atoms with van der Waals surface area (Å²) >= 11 is 0. The Morgan fingerprint density at radius 1 is 1.00 bits per heavy atom. The van der Waals surface area contributed by atoms with Crippen molar-refractivity contribution in [2.45, 2.75) is 65.3 Å². The van der Waals surface area contributed by atoms with E-state index in [0.717, 1.165) is 23.8 Å². The SMILES string of the molecule is CC(C)CN1CCC(N(C)CC2CCC(C)CC2)CC1. The molecule has 1 aliphatic heterocycles. The quantitative estimate of drug-likeness (QED) is 0.754. The van der Waals surface area contributed by atoms with Gasteiger partial charge in [0, 0.05) is 19.1 Å². The largest absolute Gasteiger partial charge is 0.303 e. The molecule has 0 unspecified atom stereocenters. The van der Waals surface area contributed by atoms with Crippen molar-refractivity contribution in [3.63, 3.8) is 0 Å². The van der Waals surface area contributed by atoms with E-state index in [1.165, 1.54) is 64.7 Å². The second kappa shape index (κ2) is 7.79. The van der Waals surface area contributed by atoms with Gasteiger partial charge in [0.25, 0.3) is 0 Å². The molecule has 0 aromatic rings. The Hall–Kier alpha value is -0.0800. The van der Waals surface area contributed by atoms with Crippen LogP contribution < -0.4 is 0 Å². The summed E-state index contributed by atoms with van der Waals surface area (Å²) in [5, 5.41) is 0. The Kier molecular flexibility index (Phi) is 6.35. The lowest BCUT2D eigenvalue weighted by Gasteiger charge is -2.39. The van der Waals surface area contributed by atoms with Gasteiger partial charge in [-0.1, -0.05) is 33.6 Å². The number of likely N-dealkylation sites (tertiary alicyclic amines) is 1. The van der Waals surface area contributed by atoms with Crippen molar-refractivity contribution in [2.24, 2.45) is 17.8 Å². The van der Waals surface area contributed by atoms with Crippen LogP contribution in [0.15, 0.2) is 0 Å². The molecule has 2 nitrogen and oxygen atoms in total. The lowest BCUT2D eigenvalue weighted by Crippen LogP contribution is -2.45. The van der Waals surface area contributed by atoms with Crippen LogP contribution in [0.1, 0.15) is 59.3 Å². The highest BCUT2D eigenvalue weighted by Crippen LogP contribution is 2.29. The first-order chi connectivity index (χ1) is 9.54. The molecule has 0 spiro atoms. The second-order valence-corrected chi connectivity index (χ2v) is 7.99. The molecular weight excluding hydrogens is 244 g/mol. The summed E-state index contributed by atoms with van der Waals surface area (Å²) in [4.78, 5) is 5.35. The van der Waals surface area contributed by atoms with Crippen LogP contribution in [0.3, 0.4) is 0 Å². The van der Waals surface area contributed by atoms with Crippen molar-refractivity contribution in [1.82, 2.24) is 9.80 Å². The Morgan fingerprint density at radius 3 is 2.15 bits per heavy atom. The topological polar surface area (TPSA) is 6.48 Å². The molecule has 0 aromatic carbocycles. The first kappa shape index (κ1) is 16.3. The zero-order chi connectivity index (χ0) is 14.5. The fourth-order valence-corrected chi connectivity index (χ4v) is 4.13. The molecule has 0 aromatic heterocycles. The summed E-state index contributed by atoms with van der Waals surface area (Å²) in [6.45, 7) is 12.4. The third-order valence-electron chi connectivity index (χ3n) is 5.49. The molecule has 2 heteroatoms. The highest BCUT2D eigenvalue weighted by Gasteiger charge is 2.25. The van der Waals surface area contributed by atoms with Gasteiger partial charge in [0.2, 0.25) is 0 Å². The smallest absolute Gasteiger partial charge is 0.0117 e. The van der Waals surface area contributed by atoms with E-state index in [1.807, 2.05) is 0 Å². The number of piperidine rings is 1. The maximum atomic E-state index is 2.69. The first-order valence-electron chi connectivity index (χ1n) is 8.97. The zero-order valence-corrected chi connectivity index (χ0v) is 14.3. The van der Waals surface area contributed by atoms with Gasteiger partial charge in [-0.15, -0.1) is 0 Å². The summed E-state index contributed by atoms with van der Waals surface area (Å²) in [6, 6.07) is 0.845. The molecule has 1 heterocycles. The summed E-state index contributed by atoms with van der Waals surface area (Å²) in [5.74, 6) is 2.77. The van der Waals surface area contributed by atoms with Gasteiger partial charge >= 0.3 is 0 Å². The van der Waals surface area contributed by atoms with E-state index in [9.17, 15) is 0 Å². The summed E-state index contributed by atoms with van der Waals surface area (Å²) in [6.07, 6.45) is 8.63. The Balaban J connectivity index is 1.68. The fraction of sp³-hybridized carbons (Fsp3) is 1.00. The molecule has 0 amide bonds. The average molecular weight is 280 g/mol. The predicted molar refractivity (Wildman–Crippen MR) is 88.1 cm³/mol. The molecule has 1 aliphatic carbocycles. The molecule has 20 heavy (non-hydrogen) atoms. The molecule has 1 saturated heterocycles. The van der Waals surface area contributed by atoms with E-state index in [-0.39, 0.29) is 0 Å². The lowest BCUT2D eigenvalue weighted by atomic mass is 9.82. The van der Waals surface area contributed by atoms with Gasteiger partial charge in [0.05, 0.1) is 0 Å². The maximum absolute atomic E-state index is 2.69. The van der Waals surface area contributed by atoms with Crippen LogP contribution in [0, 0.1) is 17.8 Å². The van der Waals surface area contributed by atoms with Crippen molar-refractivity contribution in [1.29, 1.82) is 0 Å². The Morgan fingerprint density at radius 2 is 1.60 bits per heavy atom. The van der Waals surface area contributed by atoms with Crippen LogP contribution in [0.2, 0.25) is 0 Å². The van der Waals surface area contributed by atoms with Crippen molar-refractivity contribution in [3.8, 4) is 0 Å². The molecule has 2 rings (SSSR count). The number of nitrogens with zero attached hydrogens (tertiary/aromatic N) is 2. The van der Waals surface area contributed by atoms with Gasteiger partial charge < -0.3 is 9.80 Å². The summed E-state index contributed by atoms with van der Waals surface area (Å²) in [7, 11) is 2.38. The van der Waals surface area contributed by atoms with Crippen LogP contribution in [0.25, 0.3) is 0 Å². The first-order valence-corrected chi connectivity index (χ1v) is 8.97. The standard InChI is InChI=1S/C18H36N2/c1-15(2)13-20-11-9-18(10-12-20)19(4)14-17-7-5-16(3)6-8-17/h15-18H,5-14H2,1-4H3. The van der Waals surface area contributed by atoms with Gasteiger partial charge in [-0.05, 0) is 63.6 Å². The Labute approximate surface area is 126 Å². The minimum Gasteiger partial charge on any atom is -0.303 e. The maximum Gasteiger partial charge on any atom is 0.0117 e. The van der Waals surface area contributed by atoms with E-state index in [2.05, 4.69) is 37.6 Å². The highest BCUT2D eigenvalue weighted by atomic mass is 15.2. The van der Waals surface area contributed by atoms with E-state index < -0.39 is 0 Å². The van der Waals surface area contributed by atoms with Gasteiger partial charge in [-0.25, -0.2) is 0 Å². The molecule has 2 aliphatic rings. The van der Waals surface area contributed by atoms with Crippen LogP contribution >= 0.6 is 0 Å². The second-order valence-electron chi connectivity index (χ2n) is 7.99. The van der Waals surface area contributed by atoms with Crippen molar-refractivity contribution in [2.75, 3.05) is 33.2 Å². The Bertz CT molecular complexity index is 261. The van der Waals surface area contributed by atoms with Crippen LogP contribution in [-0.2, 0) is 0 Å². The normalized spacial score (nSPS) is 30.3. The van der Waals surface area contributed by atoms with E-state index in [1.54, 1.807) is 0 Å². The van der Waals surface area contributed by atoms with Crippen molar-refractivity contribution in [3.05, 3.63) is 0 Å². The minimum atomic E-state index is 0.813. The molecule has 118 valence electrons. The highest BCUT2D eigenvalue weighted by molar-refractivity contribution is 4.81. The van der Waals surface area contributed by atoms with Gasteiger partial charge in [0.1, 0.15) is 0 Å². The van der Waals surface area contributed by atoms with Crippen LogP contribution in [-0.4, -0.2) is 49.1 Å². The summed E-state index contributed by atoms with van der Waals surface area (Å²) < 4.78 is 0. The number of hydrogen-bond acceptors (Lipinski definition) is 2. The van der Waals surface area contributed by atoms with Crippen LogP contribution in [0.5, 0.6) is 0 Å². The van der Waals surface area contributed by atoms with E-state index in [4.69, 9.17) is 0 Å². The van der Waals surface area contributed by atoms with E-state index >= 15 is 0 Å². The monoisotopic (exact) mass is 280 g/mol. The number of hydrogen-bond donors (Lipinski definition) is 0. The van der Waals surface area contributed by atoms with Crippen LogP contribution in [0.4, 0.5) is 0 Å². The fourth-order valence-electron chi connectivity index (χ4n) is 4.13. The minimum absolute atomic E-state index is 0.813. The van der Waals surface area contributed by atoms with E-state index in [0.29, 0.717) is 0 Å². The molecule has 0 bridgehead atoms. The molecule has 2 fully saturated rings. The third-order valence-corrected chi connectivity index (χ3v) is 5.49. The van der Waals surface area contributed by atoms with Gasteiger partial charge in [0.15, 0.2) is 0 Å². The average Bonchev–Trinajstić information content (AvgIpc) is 2.41. The zero-order valence-electron chi connectivity index (χ0n) is 14.3. The summed E-state index contributed by atoms with van der Waals surface area (Å²) in [5.41, 5.74) is 0. The predicted octanol–water partition coefficient (Wildman–Crippen LogP) is 3.86. The number of rotatable bonds is 5. The third kappa shape index (κ3) is 5.04. The van der Waals surface area contributed by atoms with Gasteiger partial charge in [-0.3, -0.25) is 0 Å². The molecule has 0 radical (unpaired) electrons. The molecule has 1 saturated carbocycles. The molecular formula is C18H36N2. The molecule has 0 atom stereocenters. The van der Waals surface area contributed by atoms with Crippen molar-refractivity contribution >= 4 is 0 Å².